The van der Waals surface area contributed by atoms with E-state index in [0.717, 1.165) is 17.8 Å². The molecule has 8 nitrogen and oxygen atoms in total. The fourth-order valence-corrected chi connectivity index (χ4v) is 3.72. The number of halogens is 2. The topological polar surface area (TPSA) is 114 Å². The molecule has 0 radical (unpaired) electrons. The van der Waals surface area contributed by atoms with E-state index in [9.17, 15) is 26.8 Å². The Morgan fingerprint density at radius 3 is 2.73 bits per heavy atom. The maximum Gasteiger partial charge on any atom is 0.343 e. The number of alkyl halides is 2. The summed E-state index contributed by atoms with van der Waals surface area (Å²) in [6.45, 7) is 2.30. The molecule has 0 unspecified atom stereocenters. The van der Waals surface area contributed by atoms with E-state index in [1.807, 2.05) is 6.92 Å². The van der Waals surface area contributed by atoms with Crippen LogP contribution in [0.25, 0.3) is 0 Å². The zero-order valence-corrected chi connectivity index (χ0v) is 15.2. The molecule has 12 heteroatoms. The first-order valence-electron chi connectivity index (χ1n) is 7.46. The van der Waals surface area contributed by atoms with Gasteiger partial charge in [-0.1, -0.05) is 30.8 Å². The Morgan fingerprint density at radius 2 is 2.08 bits per heavy atom. The lowest BCUT2D eigenvalue weighted by molar-refractivity contribution is -0.113. The fourth-order valence-electron chi connectivity index (χ4n) is 2.06. The second kappa shape index (κ2) is 8.45. The van der Waals surface area contributed by atoms with Crippen LogP contribution in [0, 0.1) is 0 Å². The highest BCUT2D eigenvalue weighted by Crippen LogP contribution is 2.26. The maximum absolute atomic E-state index is 12.8. The molecule has 1 heterocycles. The van der Waals surface area contributed by atoms with Crippen molar-refractivity contribution in [3.05, 3.63) is 34.7 Å². The third kappa shape index (κ3) is 4.49. The number of anilines is 1. The highest BCUT2D eigenvalue weighted by Gasteiger charge is 2.29. The lowest BCUT2D eigenvalue weighted by atomic mass is 10.3. The number of carbonyl (C=O) groups is 1. The highest BCUT2D eigenvalue weighted by atomic mass is 32.2. The van der Waals surface area contributed by atoms with Gasteiger partial charge in [0.05, 0.1) is 16.3 Å². The number of nitrogens with zero attached hydrogens (tertiary/aromatic N) is 2. The van der Waals surface area contributed by atoms with Crippen LogP contribution in [-0.4, -0.2) is 40.6 Å². The number of H-pyrrole nitrogens is 1. The Balaban J connectivity index is 2.11. The van der Waals surface area contributed by atoms with Gasteiger partial charge in [0.25, 0.3) is 0 Å². The summed E-state index contributed by atoms with van der Waals surface area (Å²) in [6.07, 6.45) is 0.693. The number of thioether (sulfide) groups is 1. The van der Waals surface area contributed by atoms with Crippen LogP contribution in [0.15, 0.2) is 39.1 Å². The highest BCUT2D eigenvalue weighted by molar-refractivity contribution is 7.99. The fraction of sp³-hybridized carbons (Fsp3) is 0.357. The third-order valence-corrected chi connectivity index (χ3v) is 5.62. The number of rotatable bonds is 8. The minimum absolute atomic E-state index is 0.183. The van der Waals surface area contributed by atoms with Crippen molar-refractivity contribution in [3.63, 3.8) is 0 Å². The van der Waals surface area contributed by atoms with Gasteiger partial charge in [-0.25, -0.2) is 18.3 Å². The van der Waals surface area contributed by atoms with Gasteiger partial charge < -0.3 is 5.32 Å². The maximum atomic E-state index is 12.8. The van der Waals surface area contributed by atoms with Crippen LogP contribution in [0.5, 0.6) is 0 Å². The average molecular weight is 406 g/mol. The monoisotopic (exact) mass is 406 g/mol. The number of aromatic amines is 1. The Hall–Kier alpha value is -2.21. The van der Waals surface area contributed by atoms with E-state index in [4.69, 9.17) is 0 Å². The average Bonchev–Trinajstić information content (AvgIpc) is 2.94. The van der Waals surface area contributed by atoms with Crippen LogP contribution >= 0.6 is 11.8 Å². The summed E-state index contributed by atoms with van der Waals surface area (Å²) in [7, 11) is -4.85. The first-order chi connectivity index (χ1) is 12.3. The number of amides is 1. The first kappa shape index (κ1) is 20.1. The van der Waals surface area contributed by atoms with Crippen molar-refractivity contribution >= 4 is 33.2 Å². The molecule has 2 rings (SSSR count). The van der Waals surface area contributed by atoms with Gasteiger partial charge in [0, 0.05) is 6.54 Å². The number of benzene rings is 1. The van der Waals surface area contributed by atoms with Crippen molar-refractivity contribution in [1.82, 2.24) is 14.8 Å². The van der Waals surface area contributed by atoms with Crippen molar-refractivity contribution in [2.45, 2.75) is 35.7 Å². The van der Waals surface area contributed by atoms with Crippen molar-refractivity contribution in [1.29, 1.82) is 0 Å². The summed E-state index contributed by atoms with van der Waals surface area (Å²) in [5, 5.41) is 8.69. The molecular weight excluding hydrogens is 390 g/mol. The van der Waals surface area contributed by atoms with Gasteiger partial charge in [0.15, 0.2) is 5.16 Å². The number of hydrogen-bond acceptors (Lipinski definition) is 6. The molecule has 1 aromatic heterocycles. The van der Waals surface area contributed by atoms with E-state index in [1.165, 1.54) is 22.8 Å². The van der Waals surface area contributed by atoms with E-state index in [0.29, 0.717) is 18.1 Å². The van der Waals surface area contributed by atoms with Crippen molar-refractivity contribution in [2.24, 2.45) is 0 Å². The Bertz CT molecular complexity index is 940. The van der Waals surface area contributed by atoms with Gasteiger partial charge >= 0.3 is 11.4 Å². The van der Waals surface area contributed by atoms with Gasteiger partial charge in [-0.3, -0.25) is 9.36 Å². The molecule has 0 fully saturated rings. The molecule has 2 aromatic rings. The zero-order chi connectivity index (χ0) is 19.3. The lowest BCUT2D eigenvalue weighted by Crippen LogP contribution is -2.20. The predicted octanol–water partition coefficient (Wildman–Crippen LogP) is 1.71. The smallest absolute Gasteiger partial charge is 0.324 e. The second-order valence-corrected chi connectivity index (χ2v) is 7.93. The number of carbonyl (C=O) groups excluding carboxylic acids is 1. The molecule has 0 saturated carbocycles. The molecule has 1 amide bonds. The molecule has 0 bridgehead atoms. The SMILES string of the molecule is CCCn1c(SCC(=O)Nc2ccccc2S(=O)(=O)C(F)F)n[nH]c1=O. The van der Waals surface area contributed by atoms with Crippen LogP contribution in [0.1, 0.15) is 13.3 Å². The molecule has 26 heavy (non-hydrogen) atoms. The third-order valence-electron chi connectivity index (χ3n) is 3.21. The summed E-state index contributed by atoms with van der Waals surface area (Å²) < 4.78 is 50.2. The predicted molar refractivity (Wildman–Crippen MR) is 92.1 cm³/mol. The van der Waals surface area contributed by atoms with Crippen molar-refractivity contribution in [3.8, 4) is 0 Å². The van der Waals surface area contributed by atoms with Crippen LogP contribution in [0.3, 0.4) is 0 Å². The summed E-state index contributed by atoms with van der Waals surface area (Å²) in [5.41, 5.74) is -0.630. The molecular formula is C14H16F2N4O4S2. The van der Waals surface area contributed by atoms with Crippen molar-refractivity contribution in [2.75, 3.05) is 11.1 Å². The first-order valence-corrected chi connectivity index (χ1v) is 9.99. The van der Waals surface area contributed by atoms with Gasteiger partial charge in [0.2, 0.25) is 15.7 Å². The van der Waals surface area contributed by atoms with Crippen LogP contribution in [-0.2, 0) is 21.2 Å². The summed E-state index contributed by atoms with van der Waals surface area (Å²) in [4.78, 5) is 23.0. The number of sulfone groups is 1. The van der Waals surface area contributed by atoms with Gasteiger partial charge in [-0.05, 0) is 18.6 Å². The molecule has 0 aliphatic rings. The standard InChI is InChI=1S/C14H16F2N4O4S2/c1-2-7-20-13(22)18-19-14(20)25-8-11(21)17-9-5-3-4-6-10(9)26(23,24)12(15)16/h3-6,12H,2,7-8H2,1H3,(H,17,21)(H,18,22). The normalized spacial score (nSPS) is 11.7. The Labute approximate surface area is 151 Å². The molecule has 1 aromatic carbocycles. The minimum Gasteiger partial charge on any atom is -0.324 e. The minimum atomic E-state index is -4.85. The molecule has 0 aliphatic heterocycles. The molecule has 2 N–H and O–H groups in total. The number of para-hydroxylation sites is 1. The van der Waals surface area contributed by atoms with E-state index in [-0.39, 0.29) is 11.4 Å². The molecule has 0 spiro atoms. The summed E-state index contributed by atoms with van der Waals surface area (Å²) in [5.74, 6) is -4.40. The number of hydrogen-bond donors (Lipinski definition) is 2. The van der Waals surface area contributed by atoms with E-state index in [1.54, 1.807) is 0 Å². The second-order valence-electron chi connectivity index (χ2n) is 5.10. The summed E-state index contributed by atoms with van der Waals surface area (Å²) in [6, 6.07) is 4.92. The Morgan fingerprint density at radius 1 is 1.38 bits per heavy atom. The van der Waals surface area contributed by atoms with E-state index >= 15 is 0 Å². The Kier molecular flexibility index (Phi) is 6.53. The lowest BCUT2D eigenvalue weighted by Gasteiger charge is -2.11. The number of aromatic nitrogens is 3. The van der Waals surface area contributed by atoms with Gasteiger partial charge in [-0.15, -0.1) is 5.10 Å². The van der Waals surface area contributed by atoms with E-state index in [2.05, 4.69) is 15.5 Å². The van der Waals surface area contributed by atoms with Gasteiger partial charge in [0.1, 0.15) is 0 Å². The molecule has 142 valence electrons. The molecule has 0 atom stereocenters. The molecule has 0 saturated heterocycles. The van der Waals surface area contributed by atoms with Crippen LogP contribution in [0.2, 0.25) is 0 Å². The number of nitrogens with one attached hydrogen (secondary N) is 2. The largest absolute Gasteiger partial charge is 0.343 e. The van der Waals surface area contributed by atoms with Gasteiger partial charge in [-0.2, -0.15) is 8.78 Å². The zero-order valence-electron chi connectivity index (χ0n) is 13.6. The van der Waals surface area contributed by atoms with Crippen LogP contribution < -0.4 is 11.0 Å². The molecule has 0 aliphatic carbocycles. The summed E-state index contributed by atoms with van der Waals surface area (Å²) >= 11 is 0.966. The van der Waals surface area contributed by atoms with Crippen LogP contribution in [0.4, 0.5) is 14.5 Å². The van der Waals surface area contributed by atoms with Crippen molar-refractivity contribution < 1.29 is 22.0 Å². The van der Waals surface area contributed by atoms with E-state index < -0.39 is 32.1 Å². The quantitative estimate of drug-likeness (QED) is 0.645.